The molecule has 0 unspecified atom stereocenters. The third-order valence-corrected chi connectivity index (χ3v) is 3.90. The van der Waals surface area contributed by atoms with Gasteiger partial charge in [0.2, 0.25) is 11.6 Å². The van der Waals surface area contributed by atoms with Crippen LogP contribution in [0.2, 0.25) is 0 Å². The van der Waals surface area contributed by atoms with Crippen molar-refractivity contribution in [3.8, 4) is 5.75 Å². The maximum atomic E-state index is 12.0. The van der Waals surface area contributed by atoms with Crippen LogP contribution in [0.15, 0.2) is 81.9 Å². The zero-order valence-electron chi connectivity index (χ0n) is 13.7. The molecule has 3 aliphatic rings. The molecule has 2 heterocycles. The molecule has 0 aromatic heterocycles. The Labute approximate surface area is 148 Å². The molecule has 4 rings (SSSR count). The molecule has 2 N–H and O–H groups in total. The summed E-state index contributed by atoms with van der Waals surface area (Å²) in [5.41, 5.74) is 5.13. The summed E-state index contributed by atoms with van der Waals surface area (Å²) in [6.07, 6.45) is 8.80. The Bertz CT molecular complexity index is 952. The summed E-state index contributed by atoms with van der Waals surface area (Å²) in [4.78, 5) is 25.2. The van der Waals surface area contributed by atoms with E-state index in [2.05, 4.69) is 15.6 Å². The molecule has 1 fully saturated rings. The number of carbonyl (C=O) groups is 1. The van der Waals surface area contributed by atoms with E-state index in [1.165, 1.54) is 5.01 Å². The normalized spacial score (nSPS) is 21.5. The highest BCUT2D eigenvalue weighted by atomic mass is 16.7. The molecule has 1 aromatic rings. The van der Waals surface area contributed by atoms with E-state index in [4.69, 9.17) is 9.57 Å². The number of nitrogens with zero attached hydrogens (tertiary/aromatic N) is 3. The lowest BCUT2D eigenvalue weighted by atomic mass is 10.0. The number of anilines is 1. The number of aliphatic hydroxyl groups excluding tert-OH is 1. The number of hydrogen-bond acceptors (Lipinski definition) is 8. The molecule has 2 aliphatic heterocycles. The molecule has 26 heavy (non-hydrogen) atoms. The summed E-state index contributed by atoms with van der Waals surface area (Å²) in [6.45, 7) is 0. The third kappa shape index (κ3) is 2.78. The fourth-order valence-corrected chi connectivity index (χ4v) is 2.61. The van der Waals surface area contributed by atoms with Crippen LogP contribution in [0.4, 0.5) is 5.69 Å². The fraction of sp³-hybridized carbons (Fsp3) is 0.0556. The standard InChI is InChI=1S/C18H14N4O4/c1-25-14-5-3-13(4-6-14)22-16(18(24)26-21-22)17(23)20-12-2-7-15-11(10-12)8-9-19-15/h2-10,21,23H,1H3/b17-16-,20-12+. The van der Waals surface area contributed by atoms with E-state index >= 15 is 0 Å². The van der Waals surface area contributed by atoms with Crippen LogP contribution in [0.5, 0.6) is 5.75 Å². The molecule has 8 nitrogen and oxygen atoms in total. The lowest BCUT2D eigenvalue weighted by Crippen LogP contribution is -2.29. The zero-order valence-corrected chi connectivity index (χ0v) is 13.7. The molecule has 0 amide bonds. The average molecular weight is 350 g/mol. The lowest BCUT2D eigenvalue weighted by molar-refractivity contribution is -0.140. The van der Waals surface area contributed by atoms with Crippen molar-refractivity contribution in [1.29, 1.82) is 0 Å². The van der Waals surface area contributed by atoms with Gasteiger partial charge < -0.3 is 14.7 Å². The second-order valence-electron chi connectivity index (χ2n) is 5.49. The zero-order chi connectivity index (χ0) is 18.1. The number of carbonyl (C=O) groups excluding carboxylic acids is 1. The van der Waals surface area contributed by atoms with E-state index in [1.54, 1.807) is 55.8 Å². The SMILES string of the molecule is COc1ccc(N2NOC(=O)/C2=C(O)\N=C2/C=CC3=NC=CC3=C2)cc1. The predicted molar refractivity (Wildman–Crippen MR) is 95.6 cm³/mol. The van der Waals surface area contributed by atoms with Gasteiger partial charge in [-0.15, -0.1) is 0 Å². The van der Waals surface area contributed by atoms with Crippen molar-refractivity contribution in [2.24, 2.45) is 9.98 Å². The van der Waals surface area contributed by atoms with Gasteiger partial charge in [-0.3, -0.25) is 4.99 Å². The number of methoxy groups -OCH3 is 1. The minimum atomic E-state index is -0.738. The second-order valence-corrected chi connectivity index (χ2v) is 5.49. The summed E-state index contributed by atoms with van der Waals surface area (Å²) >= 11 is 0. The summed E-state index contributed by atoms with van der Waals surface area (Å²) in [6, 6.07) is 6.87. The molecule has 0 saturated carbocycles. The molecular weight excluding hydrogens is 336 g/mol. The Morgan fingerprint density at radius 3 is 2.85 bits per heavy atom. The summed E-state index contributed by atoms with van der Waals surface area (Å²) in [7, 11) is 1.56. The van der Waals surface area contributed by atoms with Gasteiger partial charge in [-0.05, 0) is 48.6 Å². The number of aliphatic hydroxyl groups is 1. The molecule has 1 aliphatic carbocycles. The van der Waals surface area contributed by atoms with Crippen LogP contribution in [-0.4, -0.2) is 29.6 Å². The van der Waals surface area contributed by atoms with E-state index < -0.39 is 11.9 Å². The van der Waals surface area contributed by atoms with Crippen molar-refractivity contribution >= 4 is 23.1 Å². The van der Waals surface area contributed by atoms with Crippen LogP contribution in [0.1, 0.15) is 0 Å². The van der Waals surface area contributed by atoms with Crippen molar-refractivity contribution in [3.63, 3.8) is 0 Å². The van der Waals surface area contributed by atoms with Gasteiger partial charge in [-0.25, -0.2) is 14.8 Å². The van der Waals surface area contributed by atoms with Crippen molar-refractivity contribution in [2.75, 3.05) is 12.1 Å². The average Bonchev–Trinajstić information content (AvgIpc) is 3.27. The first-order valence-electron chi connectivity index (χ1n) is 7.73. The summed E-state index contributed by atoms with van der Waals surface area (Å²) in [5.74, 6) is -0.538. The number of rotatable bonds is 3. The Morgan fingerprint density at radius 1 is 1.27 bits per heavy atom. The molecule has 0 radical (unpaired) electrons. The van der Waals surface area contributed by atoms with Gasteiger partial charge in [0, 0.05) is 11.8 Å². The molecule has 130 valence electrons. The maximum absolute atomic E-state index is 12.0. The lowest BCUT2D eigenvalue weighted by Gasteiger charge is -2.16. The maximum Gasteiger partial charge on any atom is 0.382 e. The number of aliphatic imine (C=N–C) groups is 2. The Balaban J connectivity index is 1.68. The smallest absolute Gasteiger partial charge is 0.382 e. The first-order chi connectivity index (χ1) is 12.7. The molecule has 0 spiro atoms. The van der Waals surface area contributed by atoms with Gasteiger partial charge in [0.1, 0.15) is 5.75 Å². The van der Waals surface area contributed by atoms with Crippen LogP contribution >= 0.6 is 0 Å². The summed E-state index contributed by atoms with van der Waals surface area (Å²) in [5, 5.41) is 11.7. The van der Waals surface area contributed by atoms with Gasteiger partial charge >= 0.3 is 5.97 Å². The van der Waals surface area contributed by atoms with Crippen molar-refractivity contribution in [3.05, 3.63) is 71.9 Å². The highest BCUT2D eigenvalue weighted by Crippen LogP contribution is 2.26. The predicted octanol–water partition coefficient (Wildman–Crippen LogP) is 2.11. The second kappa shape index (κ2) is 6.34. The highest BCUT2D eigenvalue weighted by Gasteiger charge is 2.33. The van der Waals surface area contributed by atoms with Crippen LogP contribution in [0, 0.1) is 0 Å². The van der Waals surface area contributed by atoms with E-state index in [1.807, 2.05) is 6.08 Å². The minimum Gasteiger partial charge on any atom is -0.497 e. The first-order valence-corrected chi connectivity index (χ1v) is 7.73. The van der Waals surface area contributed by atoms with Crippen molar-refractivity contribution < 1.29 is 19.5 Å². The third-order valence-electron chi connectivity index (χ3n) is 3.90. The molecule has 0 bridgehead atoms. The topological polar surface area (TPSA) is 95.8 Å². The van der Waals surface area contributed by atoms with E-state index in [9.17, 15) is 9.90 Å². The number of nitrogens with one attached hydrogen (secondary N) is 1. The molecule has 8 heteroatoms. The number of hydrazine groups is 1. The number of benzene rings is 1. The largest absolute Gasteiger partial charge is 0.497 e. The van der Waals surface area contributed by atoms with Gasteiger partial charge in [-0.1, -0.05) is 5.59 Å². The van der Waals surface area contributed by atoms with E-state index in [0.717, 1.165) is 11.3 Å². The number of fused-ring (bicyclic) bond motifs is 1. The minimum absolute atomic E-state index is 0.115. The van der Waals surface area contributed by atoms with Gasteiger partial charge in [0.15, 0.2) is 0 Å². The van der Waals surface area contributed by atoms with Crippen LogP contribution in [0.3, 0.4) is 0 Å². The molecule has 0 atom stereocenters. The number of allylic oxidation sites excluding steroid dienone is 5. The molecule has 1 saturated heterocycles. The van der Waals surface area contributed by atoms with E-state index in [0.29, 0.717) is 17.1 Å². The first kappa shape index (κ1) is 15.9. The quantitative estimate of drug-likeness (QED) is 0.492. The fourth-order valence-electron chi connectivity index (χ4n) is 2.61. The molecular formula is C18H14N4O4. The number of hydrogen-bond donors (Lipinski definition) is 2. The van der Waals surface area contributed by atoms with Gasteiger partial charge in [-0.2, -0.15) is 0 Å². The van der Waals surface area contributed by atoms with Gasteiger partial charge in [0.25, 0.3) is 0 Å². The van der Waals surface area contributed by atoms with E-state index in [-0.39, 0.29) is 5.70 Å². The van der Waals surface area contributed by atoms with Crippen molar-refractivity contribution in [1.82, 2.24) is 5.59 Å². The van der Waals surface area contributed by atoms with Gasteiger partial charge in [0.05, 0.1) is 24.2 Å². The van der Waals surface area contributed by atoms with Crippen LogP contribution < -0.4 is 15.3 Å². The Kier molecular flexibility index (Phi) is 3.86. The Morgan fingerprint density at radius 2 is 2.08 bits per heavy atom. The van der Waals surface area contributed by atoms with Crippen LogP contribution in [0.25, 0.3) is 0 Å². The number of ether oxygens (including phenoxy) is 1. The van der Waals surface area contributed by atoms with Crippen LogP contribution in [-0.2, 0) is 9.63 Å². The Hall–Kier alpha value is -3.65. The van der Waals surface area contributed by atoms with Crippen molar-refractivity contribution in [2.45, 2.75) is 0 Å². The molecule has 1 aromatic carbocycles. The summed E-state index contributed by atoms with van der Waals surface area (Å²) < 4.78 is 5.11. The highest BCUT2D eigenvalue weighted by molar-refractivity contribution is 6.23. The monoisotopic (exact) mass is 350 g/mol.